The van der Waals surface area contributed by atoms with Gasteiger partial charge in [0, 0.05) is 44.5 Å². The number of nitriles is 2. The summed E-state index contributed by atoms with van der Waals surface area (Å²) in [4.78, 5) is 26.8. The molecule has 3 aromatic heterocycles. The van der Waals surface area contributed by atoms with Crippen LogP contribution >= 0.6 is 0 Å². The number of aryl methyl sites for hydroxylation is 2. The molecule has 10 heteroatoms. The fraction of sp³-hybridized carbons (Fsp3) is 0.407. The average Bonchev–Trinajstić information content (AvgIpc) is 3.30. The van der Waals surface area contributed by atoms with Crippen LogP contribution in [-0.2, 0) is 13.6 Å². The number of benzene rings is 1. The molecule has 4 heterocycles. The van der Waals surface area contributed by atoms with Gasteiger partial charge in [0.25, 0.3) is 5.56 Å². The van der Waals surface area contributed by atoms with Crippen molar-refractivity contribution in [1.29, 1.82) is 10.5 Å². The molecule has 5 rings (SSSR count). The molecule has 1 aromatic carbocycles. The lowest BCUT2D eigenvalue weighted by Gasteiger charge is -2.47. The predicted molar refractivity (Wildman–Crippen MR) is 141 cm³/mol. The van der Waals surface area contributed by atoms with Crippen molar-refractivity contribution in [1.82, 2.24) is 29.2 Å². The topological polar surface area (TPSA) is 120 Å². The quantitative estimate of drug-likeness (QED) is 0.424. The minimum atomic E-state index is -0.357. The Balaban J connectivity index is 1.51. The maximum absolute atomic E-state index is 13.1. The minimum Gasteiger partial charge on any atom is -0.363 e. The number of aromatic nitrogens is 5. The average molecular weight is 496 g/mol. The molecule has 1 fully saturated rings. The van der Waals surface area contributed by atoms with Gasteiger partial charge >= 0.3 is 0 Å². The highest BCUT2D eigenvalue weighted by atomic mass is 16.1. The van der Waals surface area contributed by atoms with Crippen LogP contribution < -0.4 is 10.5 Å². The monoisotopic (exact) mass is 495 g/mol. The Morgan fingerprint density at radius 2 is 1.95 bits per heavy atom. The Kier molecular flexibility index (Phi) is 6.14. The maximum Gasteiger partial charge on any atom is 0.271 e. The van der Waals surface area contributed by atoms with Crippen molar-refractivity contribution in [3.05, 3.63) is 57.8 Å². The van der Waals surface area contributed by atoms with Crippen LogP contribution in [0.15, 0.2) is 35.4 Å². The third-order valence-corrected chi connectivity index (χ3v) is 7.42. The van der Waals surface area contributed by atoms with Gasteiger partial charge in [0.1, 0.15) is 23.7 Å². The number of anilines is 1. The summed E-state index contributed by atoms with van der Waals surface area (Å²) in [5.41, 5.74) is 5.28. The number of pyridine rings is 1. The number of rotatable bonds is 4. The minimum absolute atomic E-state index is 0.0182. The Bertz CT molecular complexity index is 1660. The van der Waals surface area contributed by atoms with Crippen LogP contribution in [0.4, 0.5) is 5.69 Å². The summed E-state index contributed by atoms with van der Waals surface area (Å²) in [6, 6.07) is 10.8. The molecule has 1 saturated heterocycles. The van der Waals surface area contributed by atoms with Crippen LogP contribution in [-0.4, -0.2) is 54.4 Å². The predicted octanol–water partition coefficient (Wildman–Crippen LogP) is 3.04. The molecular formula is C27H29N9O. The van der Waals surface area contributed by atoms with Crippen LogP contribution in [0, 0.1) is 29.6 Å². The normalized spacial score (nSPS) is 19.2. The third kappa shape index (κ3) is 4.09. The second-order valence-corrected chi connectivity index (χ2v) is 9.90. The standard InChI is InChI=1S/C27H29N9O/c1-16-12-30-22-7-6-20(10-23(22)31-16)19(4)35-13-18(3)36(14-17(35)2)26-21(11-29)27(37)33(5)24-15-34(9-8-28)32-25(24)26/h6-7,10,12,15,17-19H,9,13-14H2,1-5H3/t17-,18+,19+/m1/s1. The van der Waals surface area contributed by atoms with E-state index >= 15 is 0 Å². The summed E-state index contributed by atoms with van der Waals surface area (Å²) in [5, 5.41) is 23.7. The van der Waals surface area contributed by atoms with E-state index < -0.39 is 0 Å². The van der Waals surface area contributed by atoms with Crippen molar-refractivity contribution in [3.63, 3.8) is 0 Å². The molecule has 0 radical (unpaired) electrons. The van der Waals surface area contributed by atoms with Gasteiger partial charge in [-0.3, -0.25) is 19.4 Å². The van der Waals surface area contributed by atoms with Gasteiger partial charge in [0.2, 0.25) is 0 Å². The Morgan fingerprint density at radius 3 is 2.68 bits per heavy atom. The first-order valence-electron chi connectivity index (χ1n) is 12.4. The molecule has 0 saturated carbocycles. The highest BCUT2D eigenvalue weighted by Crippen LogP contribution is 2.34. The fourth-order valence-corrected chi connectivity index (χ4v) is 5.43. The smallest absolute Gasteiger partial charge is 0.271 e. The SMILES string of the molecule is Cc1cnc2ccc([C@H](C)N3C[C@H](C)N(c4c(C#N)c(=O)n(C)c5cn(CC#N)nc45)C[C@H]3C)cc2n1. The number of hydrogen-bond donors (Lipinski definition) is 0. The lowest BCUT2D eigenvalue weighted by atomic mass is 9.99. The van der Waals surface area contributed by atoms with E-state index in [1.807, 2.05) is 13.0 Å². The largest absolute Gasteiger partial charge is 0.363 e. The van der Waals surface area contributed by atoms with E-state index in [1.165, 1.54) is 14.8 Å². The van der Waals surface area contributed by atoms with Gasteiger partial charge < -0.3 is 9.47 Å². The summed E-state index contributed by atoms with van der Waals surface area (Å²) < 4.78 is 2.96. The third-order valence-electron chi connectivity index (χ3n) is 7.42. The molecule has 0 N–H and O–H groups in total. The molecule has 0 unspecified atom stereocenters. The van der Waals surface area contributed by atoms with E-state index in [0.717, 1.165) is 23.3 Å². The molecule has 4 aromatic rings. The van der Waals surface area contributed by atoms with Gasteiger partial charge in [0.05, 0.1) is 40.2 Å². The van der Waals surface area contributed by atoms with Gasteiger partial charge in [-0.05, 0) is 45.4 Å². The molecule has 0 bridgehead atoms. The highest BCUT2D eigenvalue weighted by Gasteiger charge is 2.35. The van der Waals surface area contributed by atoms with Crippen LogP contribution in [0.1, 0.15) is 43.6 Å². The van der Waals surface area contributed by atoms with Crippen molar-refractivity contribution in [3.8, 4) is 12.1 Å². The highest BCUT2D eigenvalue weighted by molar-refractivity contribution is 5.91. The zero-order valence-corrected chi connectivity index (χ0v) is 21.7. The van der Waals surface area contributed by atoms with Crippen molar-refractivity contribution >= 4 is 27.8 Å². The van der Waals surface area contributed by atoms with Crippen LogP contribution in [0.3, 0.4) is 0 Å². The van der Waals surface area contributed by atoms with Gasteiger partial charge in [-0.2, -0.15) is 15.6 Å². The van der Waals surface area contributed by atoms with Crippen LogP contribution in [0.5, 0.6) is 0 Å². The molecule has 1 aliphatic rings. The summed E-state index contributed by atoms with van der Waals surface area (Å²) in [6.07, 6.45) is 3.47. The lowest BCUT2D eigenvalue weighted by Crippen LogP contribution is -2.57. The number of fused-ring (bicyclic) bond motifs is 2. The van der Waals surface area contributed by atoms with Gasteiger partial charge in [-0.1, -0.05) is 6.07 Å². The van der Waals surface area contributed by atoms with E-state index in [0.29, 0.717) is 23.3 Å². The second kappa shape index (κ2) is 9.30. The van der Waals surface area contributed by atoms with Crippen LogP contribution in [0.25, 0.3) is 22.1 Å². The molecule has 3 atom stereocenters. The molecule has 0 amide bonds. The molecule has 0 spiro atoms. The first-order valence-corrected chi connectivity index (χ1v) is 12.4. The van der Waals surface area contributed by atoms with E-state index in [1.54, 1.807) is 19.4 Å². The van der Waals surface area contributed by atoms with Crippen molar-refractivity contribution in [2.24, 2.45) is 7.05 Å². The second-order valence-electron chi connectivity index (χ2n) is 9.90. The first kappa shape index (κ1) is 24.4. The Labute approximate surface area is 215 Å². The fourth-order valence-electron chi connectivity index (χ4n) is 5.43. The number of nitrogens with zero attached hydrogens (tertiary/aromatic N) is 9. The Hall–Kier alpha value is -4.28. The number of piperazine rings is 1. The summed E-state index contributed by atoms with van der Waals surface area (Å²) in [6.45, 7) is 9.84. The maximum atomic E-state index is 13.1. The van der Waals surface area contributed by atoms with E-state index in [4.69, 9.17) is 5.26 Å². The summed E-state index contributed by atoms with van der Waals surface area (Å²) >= 11 is 0. The van der Waals surface area contributed by atoms with Crippen molar-refractivity contribution in [2.75, 3.05) is 18.0 Å². The zero-order valence-electron chi connectivity index (χ0n) is 21.7. The molecule has 188 valence electrons. The number of hydrogen-bond acceptors (Lipinski definition) is 8. The van der Waals surface area contributed by atoms with E-state index in [9.17, 15) is 10.1 Å². The van der Waals surface area contributed by atoms with E-state index in [-0.39, 0.29) is 35.8 Å². The van der Waals surface area contributed by atoms with Crippen molar-refractivity contribution < 1.29 is 0 Å². The Morgan fingerprint density at radius 1 is 1.16 bits per heavy atom. The molecule has 10 nitrogen and oxygen atoms in total. The lowest BCUT2D eigenvalue weighted by molar-refractivity contribution is 0.119. The first-order chi connectivity index (χ1) is 17.7. The van der Waals surface area contributed by atoms with Gasteiger partial charge in [-0.25, -0.2) is 4.98 Å². The van der Waals surface area contributed by atoms with Crippen LogP contribution in [0.2, 0.25) is 0 Å². The van der Waals surface area contributed by atoms with Gasteiger partial charge in [0.15, 0.2) is 0 Å². The zero-order chi connectivity index (χ0) is 26.4. The summed E-state index contributed by atoms with van der Waals surface area (Å²) in [5.74, 6) is 0. The molecule has 37 heavy (non-hydrogen) atoms. The molecular weight excluding hydrogens is 466 g/mol. The molecule has 0 aliphatic carbocycles. The van der Waals surface area contributed by atoms with Gasteiger partial charge in [-0.15, -0.1) is 0 Å². The van der Waals surface area contributed by atoms with Crippen molar-refractivity contribution in [2.45, 2.75) is 52.4 Å². The summed E-state index contributed by atoms with van der Waals surface area (Å²) in [7, 11) is 1.63. The van der Waals surface area contributed by atoms with E-state index in [2.05, 4.69) is 69.9 Å². The molecule has 1 aliphatic heterocycles.